The molecule has 216 valence electrons. The van der Waals surface area contributed by atoms with Crippen LogP contribution < -0.4 is 20.5 Å². The van der Waals surface area contributed by atoms with Gasteiger partial charge in [0.15, 0.2) is 0 Å². The topological polar surface area (TPSA) is 82.7 Å². The Kier molecular flexibility index (Phi) is 7.40. The molecule has 0 aliphatic carbocycles. The van der Waals surface area contributed by atoms with Gasteiger partial charge < -0.3 is 24.7 Å². The molecule has 1 unspecified atom stereocenters. The summed E-state index contributed by atoms with van der Waals surface area (Å²) in [5.74, 6) is 1.78. The number of hydrogen-bond donors (Lipinski definition) is 2. The molecule has 5 heterocycles. The standard InChI is InChI=1S/C34H37N5O3/c1-23-9-13-35-28(18-23)21-38-14-10-26(11-15-38)37-27-7-8-31-25(20-27)19-24-4-2-5-29(33(24)42-31)32-22-39(16-17-41-32)30-6-3-12-36-34(30)40/h2-9,12-13,18,20,26,32,37H,10-11,14-17,19,21-22H2,1H3,(H,36,40). The van der Waals surface area contributed by atoms with Crippen LogP contribution in [0, 0.1) is 6.92 Å². The van der Waals surface area contributed by atoms with E-state index in [-0.39, 0.29) is 11.7 Å². The number of nitrogens with one attached hydrogen (secondary N) is 2. The van der Waals surface area contributed by atoms with E-state index in [0.29, 0.717) is 31.4 Å². The summed E-state index contributed by atoms with van der Waals surface area (Å²) in [6, 6.07) is 21.2. The maximum atomic E-state index is 12.4. The highest BCUT2D eigenvalue weighted by Gasteiger charge is 2.29. The molecule has 0 bridgehead atoms. The summed E-state index contributed by atoms with van der Waals surface area (Å²) >= 11 is 0. The fourth-order valence-corrected chi connectivity index (χ4v) is 6.45. The number of ether oxygens (including phenoxy) is 2. The minimum atomic E-state index is -0.177. The average molecular weight is 564 g/mol. The Morgan fingerprint density at radius 3 is 2.79 bits per heavy atom. The molecule has 1 atom stereocenters. The van der Waals surface area contributed by atoms with Crippen LogP contribution in [0.15, 0.2) is 77.9 Å². The molecule has 2 N–H and O–H groups in total. The molecule has 4 aromatic rings. The number of aromatic amines is 1. The van der Waals surface area contributed by atoms with Crippen LogP contribution in [0.3, 0.4) is 0 Å². The normalized spacial score (nSPS) is 19.1. The monoisotopic (exact) mass is 563 g/mol. The number of anilines is 2. The van der Waals surface area contributed by atoms with Gasteiger partial charge in [0.25, 0.3) is 5.56 Å². The SMILES string of the molecule is Cc1ccnc(CN2CCC(Nc3ccc4c(c3)Cc3cccc(C5CN(c6ccc[nH]c6=O)CCO5)c3O4)CC2)c1. The number of hydrogen-bond acceptors (Lipinski definition) is 7. The summed E-state index contributed by atoms with van der Waals surface area (Å²) in [7, 11) is 0. The van der Waals surface area contributed by atoms with Gasteiger partial charge in [-0.05, 0) is 73.4 Å². The number of H-pyrrole nitrogens is 1. The van der Waals surface area contributed by atoms with E-state index in [0.717, 1.165) is 72.9 Å². The summed E-state index contributed by atoms with van der Waals surface area (Å²) in [6.45, 7) is 7.01. The van der Waals surface area contributed by atoms with E-state index >= 15 is 0 Å². The van der Waals surface area contributed by atoms with Crippen molar-refractivity contribution < 1.29 is 9.47 Å². The molecule has 8 heteroatoms. The summed E-state index contributed by atoms with van der Waals surface area (Å²) in [6.07, 6.45) is 6.42. The molecule has 0 amide bonds. The Morgan fingerprint density at radius 1 is 1.02 bits per heavy atom. The van der Waals surface area contributed by atoms with Gasteiger partial charge in [-0.2, -0.15) is 0 Å². The molecular formula is C34H37N5O3. The summed E-state index contributed by atoms with van der Waals surface area (Å²) in [5, 5.41) is 3.79. The number of aryl methyl sites for hydroxylation is 1. The Labute approximate surface area is 246 Å². The maximum Gasteiger partial charge on any atom is 0.271 e. The van der Waals surface area contributed by atoms with Gasteiger partial charge in [0.2, 0.25) is 0 Å². The summed E-state index contributed by atoms with van der Waals surface area (Å²) in [4.78, 5) is 24.3. The second-order valence-corrected chi connectivity index (χ2v) is 11.6. The van der Waals surface area contributed by atoms with E-state index < -0.39 is 0 Å². The van der Waals surface area contributed by atoms with Gasteiger partial charge in [-0.3, -0.25) is 14.7 Å². The molecule has 0 spiro atoms. The third kappa shape index (κ3) is 5.65. The van der Waals surface area contributed by atoms with Crippen molar-refractivity contribution in [3.05, 3.63) is 111 Å². The fourth-order valence-electron chi connectivity index (χ4n) is 6.45. The van der Waals surface area contributed by atoms with E-state index in [4.69, 9.17) is 9.47 Å². The van der Waals surface area contributed by atoms with Crippen molar-refractivity contribution >= 4 is 11.4 Å². The minimum absolute atomic E-state index is 0.0760. The highest BCUT2D eigenvalue weighted by Crippen LogP contribution is 2.43. The van der Waals surface area contributed by atoms with Crippen LogP contribution >= 0.6 is 0 Å². The van der Waals surface area contributed by atoms with Crippen molar-refractivity contribution in [2.45, 2.75) is 44.9 Å². The molecule has 2 aromatic carbocycles. The lowest BCUT2D eigenvalue weighted by Gasteiger charge is -2.35. The largest absolute Gasteiger partial charge is 0.456 e. The van der Waals surface area contributed by atoms with Crippen LogP contribution in [0.4, 0.5) is 11.4 Å². The Bertz CT molecular complexity index is 1630. The maximum absolute atomic E-state index is 12.4. The number of fused-ring (bicyclic) bond motifs is 2. The second-order valence-electron chi connectivity index (χ2n) is 11.6. The van der Waals surface area contributed by atoms with Gasteiger partial charge in [0.1, 0.15) is 23.3 Å². The number of aromatic nitrogens is 2. The molecule has 0 radical (unpaired) electrons. The number of pyridine rings is 2. The van der Waals surface area contributed by atoms with Crippen LogP contribution in [0.25, 0.3) is 0 Å². The Hall–Kier alpha value is -4.14. The first-order valence-corrected chi connectivity index (χ1v) is 15.0. The second kappa shape index (κ2) is 11.6. The summed E-state index contributed by atoms with van der Waals surface area (Å²) in [5.41, 5.74) is 7.55. The average Bonchev–Trinajstić information content (AvgIpc) is 3.01. The Morgan fingerprint density at radius 2 is 1.93 bits per heavy atom. The first kappa shape index (κ1) is 26.7. The van der Waals surface area contributed by atoms with E-state index in [1.165, 1.54) is 11.1 Å². The predicted octanol–water partition coefficient (Wildman–Crippen LogP) is 5.43. The zero-order valence-corrected chi connectivity index (χ0v) is 24.0. The number of benzene rings is 2. The van der Waals surface area contributed by atoms with E-state index in [1.54, 1.807) is 6.20 Å². The molecule has 7 rings (SSSR count). The van der Waals surface area contributed by atoms with Crippen molar-refractivity contribution in [2.75, 3.05) is 43.0 Å². The number of rotatable bonds is 6. The predicted molar refractivity (Wildman–Crippen MR) is 165 cm³/mol. The first-order chi connectivity index (χ1) is 20.6. The minimum Gasteiger partial charge on any atom is -0.456 e. The molecule has 3 aliphatic rings. The van der Waals surface area contributed by atoms with Crippen LogP contribution in [-0.4, -0.2) is 53.7 Å². The van der Waals surface area contributed by atoms with Crippen LogP contribution in [-0.2, 0) is 17.7 Å². The highest BCUT2D eigenvalue weighted by molar-refractivity contribution is 5.59. The highest BCUT2D eigenvalue weighted by atomic mass is 16.5. The van der Waals surface area contributed by atoms with Gasteiger partial charge in [-0.25, -0.2) is 0 Å². The smallest absolute Gasteiger partial charge is 0.271 e. The van der Waals surface area contributed by atoms with Gasteiger partial charge in [0.05, 0.1) is 12.3 Å². The molecule has 2 fully saturated rings. The van der Waals surface area contributed by atoms with E-state index in [1.807, 2.05) is 18.3 Å². The molecule has 8 nitrogen and oxygen atoms in total. The third-order valence-electron chi connectivity index (χ3n) is 8.65. The number of piperidine rings is 1. The lowest BCUT2D eigenvalue weighted by molar-refractivity contribution is 0.0383. The molecule has 42 heavy (non-hydrogen) atoms. The zero-order chi connectivity index (χ0) is 28.5. The van der Waals surface area contributed by atoms with Crippen LogP contribution in [0.5, 0.6) is 11.5 Å². The lowest BCUT2D eigenvalue weighted by atomic mass is 9.95. The van der Waals surface area contributed by atoms with Crippen molar-refractivity contribution in [2.24, 2.45) is 0 Å². The number of para-hydroxylation sites is 1. The summed E-state index contributed by atoms with van der Waals surface area (Å²) < 4.78 is 12.8. The fraction of sp³-hybridized carbons (Fsp3) is 0.353. The van der Waals surface area contributed by atoms with Crippen molar-refractivity contribution in [3.63, 3.8) is 0 Å². The quantitative estimate of drug-likeness (QED) is 0.285. The Balaban J connectivity index is 1.00. The van der Waals surface area contributed by atoms with E-state index in [9.17, 15) is 4.79 Å². The molecular weight excluding hydrogens is 526 g/mol. The van der Waals surface area contributed by atoms with Crippen molar-refractivity contribution in [1.82, 2.24) is 14.9 Å². The van der Waals surface area contributed by atoms with Gasteiger partial charge >= 0.3 is 0 Å². The van der Waals surface area contributed by atoms with Crippen LogP contribution in [0.1, 0.15) is 46.9 Å². The molecule has 2 saturated heterocycles. The first-order valence-electron chi connectivity index (χ1n) is 15.0. The zero-order valence-electron chi connectivity index (χ0n) is 24.0. The number of likely N-dealkylation sites (tertiary alicyclic amines) is 1. The number of morpholine rings is 1. The van der Waals surface area contributed by atoms with E-state index in [2.05, 4.69) is 80.5 Å². The van der Waals surface area contributed by atoms with Crippen molar-refractivity contribution in [1.29, 1.82) is 0 Å². The van der Waals surface area contributed by atoms with Crippen LogP contribution in [0.2, 0.25) is 0 Å². The van der Waals surface area contributed by atoms with Gasteiger partial charge in [-0.1, -0.05) is 18.2 Å². The number of nitrogens with zero attached hydrogens (tertiary/aromatic N) is 3. The third-order valence-corrected chi connectivity index (χ3v) is 8.65. The molecule has 3 aliphatic heterocycles. The molecule has 2 aromatic heterocycles. The lowest BCUT2D eigenvalue weighted by Crippen LogP contribution is -2.41. The van der Waals surface area contributed by atoms with Gasteiger partial charge in [-0.15, -0.1) is 0 Å². The van der Waals surface area contributed by atoms with Crippen molar-refractivity contribution in [3.8, 4) is 11.5 Å². The molecule has 0 saturated carbocycles. The van der Waals surface area contributed by atoms with Gasteiger partial charge in [0, 0.05) is 74.4 Å².